The summed E-state index contributed by atoms with van der Waals surface area (Å²) < 4.78 is 1.86. The average Bonchev–Trinajstić information content (AvgIpc) is 2.75. The van der Waals surface area contributed by atoms with Crippen molar-refractivity contribution in [1.82, 2.24) is 9.78 Å². The molecule has 0 amide bonds. The highest BCUT2D eigenvalue weighted by molar-refractivity contribution is 7.14. The Morgan fingerprint density at radius 2 is 1.58 bits per heavy atom. The summed E-state index contributed by atoms with van der Waals surface area (Å²) in [5, 5.41) is 14.8. The van der Waals surface area contributed by atoms with E-state index < -0.39 is 0 Å². The number of nitrogens with zero attached hydrogens (tertiary/aromatic N) is 3. The van der Waals surface area contributed by atoms with Crippen LogP contribution < -0.4 is 0 Å². The van der Waals surface area contributed by atoms with Crippen LogP contribution in [-0.2, 0) is 17.9 Å². The Labute approximate surface area is 118 Å². The summed E-state index contributed by atoms with van der Waals surface area (Å²) in [6, 6.07) is 2.24. The fraction of sp³-hybridized carbons (Fsp3) is 0.600. The van der Waals surface area contributed by atoms with Crippen molar-refractivity contribution in [2.75, 3.05) is 0 Å². The van der Waals surface area contributed by atoms with E-state index in [0.717, 1.165) is 10.9 Å². The lowest BCUT2D eigenvalue weighted by molar-refractivity contribution is 0.601. The van der Waals surface area contributed by atoms with Gasteiger partial charge in [0.1, 0.15) is 6.07 Å². The van der Waals surface area contributed by atoms with Crippen LogP contribution in [0.15, 0.2) is 0 Å². The minimum absolute atomic E-state index is 0.0288. The van der Waals surface area contributed by atoms with Crippen LogP contribution >= 0.6 is 11.3 Å². The largest absolute Gasteiger partial charge is 0.265 e. The van der Waals surface area contributed by atoms with E-state index in [-0.39, 0.29) is 10.8 Å². The molecule has 2 heterocycles. The summed E-state index contributed by atoms with van der Waals surface area (Å²) >= 11 is 1.83. The second kappa shape index (κ2) is 4.08. The van der Waals surface area contributed by atoms with Crippen LogP contribution in [0.4, 0.5) is 0 Å². The van der Waals surface area contributed by atoms with Crippen molar-refractivity contribution in [3.8, 4) is 6.07 Å². The van der Waals surface area contributed by atoms with Crippen molar-refractivity contribution < 1.29 is 0 Å². The zero-order chi connectivity index (χ0) is 14.6. The summed E-state index contributed by atoms with van der Waals surface area (Å²) in [5.74, 6) is 0. The molecule has 3 nitrogen and oxygen atoms in total. The normalized spacial score (nSPS) is 12.9. The second-order valence-corrected chi connectivity index (χ2v) is 8.09. The van der Waals surface area contributed by atoms with Gasteiger partial charge in [0.2, 0.25) is 0 Å². The van der Waals surface area contributed by atoms with Gasteiger partial charge in [-0.1, -0.05) is 41.5 Å². The van der Waals surface area contributed by atoms with Gasteiger partial charge < -0.3 is 0 Å². The molecule has 0 atom stereocenters. The zero-order valence-electron chi connectivity index (χ0n) is 12.7. The maximum Gasteiger partial charge on any atom is 0.171 e. The standard InChI is InChI=1S/C15H21N3S/c1-14(2,3)12-10-9(8-16)17-18(7)11(10)13(19-12)15(4,5)6/h1-7H3. The maximum atomic E-state index is 9.33. The summed E-state index contributed by atoms with van der Waals surface area (Å²) in [4.78, 5) is 2.57. The Morgan fingerprint density at radius 3 is 2.00 bits per heavy atom. The minimum Gasteiger partial charge on any atom is -0.265 e. The number of rotatable bonds is 0. The smallest absolute Gasteiger partial charge is 0.171 e. The number of fused-ring (bicyclic) bond motifs is 1. The molecule has 2 aromatic heterocycles. The van der Waals surface area contributed by atoms with Gasteiger partial charge in [-0.3, -0.25) is 4.68 Å². The predicted octanol–water partition coefficient (Wildman–Crippen LogP) is 4.10. The molecule has 19 heavy (non-hydrogen) atoms. The van der Waals surface area contributed by atoms with Crippen LogP contribution in [-0.4, -0.2) is 9.78 Å². The fourth-order valence-corrected chi connectivity index (χ4v) is 3.76. The van der Waals surface area contributed by atoms with Gasteiger partial charge in [0.05, 0.1) is 10.9 Å². The molecule has 0 unspecified atom stereocenters. The molecule has 2 aromatic rings. The second-order valence-electron chi connectivity index (χ2n) is 7.07. The van der Waals surface area contributed by atoms with Crippen LogP contribution in [0.25, 0.3) is 10.9 Å². The molecule has 0 aliphatic rings. The highest BCUT2D eigenvalue weighted by atomic mass is 32.1. The van der Waals surface area contributed by atoms with Gasteiger partial charge in [-0.15, -0.1) is 11.3 Å². The SMILES string of the molecule is Cn1nc(C#N)c2c(C(C)(C)C)sc(C(C)(C)C)c21. The molecule has 0 N–H and O–H groups in total. The molecule has 0 fully saturated rings. The monoisotopic (exact) mass is 275 g/mol. The van der Waals surface area contributed by atoms with Crippen LogP contribution in [0.5, 0.6) is 0 Å². The third-order valence-corrected chi connectivity index (χ3v) is 5.19. The molecule has 0 bridgehead atoms. The van der Waals surface area contributed by atoms with Crippen molar-refractivity contribution >= 4 is 22.2 Å². The molecular weight excluding hydrogens is 254 g/mol. The molecule has 0 aromatic carbocycles. The third kappa shape index (κ3) is 2.17. The maximum absolute atomic E-state index is 9.33. The molecule has 102 valence electrons. The summed E-state index contributed by atoms with van der Waals surface area (Å²) in [6.07, 6.45) is 0. The van der Waals surface area contributed by atoms with Gasteiger partial charge in [0.25, 0.3) is 0 Å². The Hall–Kier alpha value is -1.34. The van der Waals surface area contributed by atoms with Crippen molar-refractivity contribution in [3.63, 3.8) is 0 Å². The zero-order valence-corrected chi connectivity index (χ0v) is 13.6. The van der Waals surface area contributed by atoms with E-state index in [9.17, 15) is 5.26 Å². The van der Waals surface area contributed by atoms with E-state index >= 15 is 0 Å². The highest BCUT2D eigenvalue weighted by Gasteiger charge is 2.31. The topological polar surface area (TPSA) is 41.6 Å². The van der Waals surface area contributed by atoms with Crippen LogP contribution in [0.1, 0.15) is 57.0 Å². The first-order chi connectivity index (χ1) is 8.57. The van der Waals surface area contributed by atoms with Crippen molar-refractivity contribution in [2.45, 2.75) is 52.4 Å². The Kier molecular flexibility index (Phi) is 3.02. The lowest BCUT2D eigenvalue weighted by Gasteiger charge is -2.19. The molecule has 4 heteroatoms. The number of nitriles is 1. The van der Waals surface area contributed by atoms with Crippen molar-refractivity contribution in [2.24, 2.45) is 7.05 Å². The first-order valence-corrected chi connectivity index (χ1v) is 7.29. The third-order valence-electron chi connectivity index (χ3n) is 3.16. The lowest BCUT2D eigenvalue weighted by Crippen LogP contribution is -2.11. The number of aryl methyl sites for hydroxylation is 1. The molecule has 0 radical (unpaired) electrons. The Bertz CT molecular complexity index is 669. The van der Waals surface area contributed by atoms with Gasteiger partial charge in [0, 0.05) is 16.8 Å². The van der Waals surface area contributed by atoms with Crippen molar-refractivity contribution in [1.29, 1.82) is 5.26 Å². The number of hydrogen-bond acceptors (Lipinski definition) is 3. The molecular formula is C15H21N3S. The van der Waals surface area contributed by atoms with Crippen molar-refractivity contribution in [3.05, 3.63) is 15.4 Å². The predicted molar refractivity (Wildman–Crippen MR) is 80.7 cm³/mol. The molecule has 2 rings (SSSR count). The Balaban J connectivity index is 2.97. The molecule has 0 spiro atoms. The van der Waals surface area contributed by atoms with Gasteiger partial charge in [0.15, 0.2) is 5.69 Å². The molecule has 0 saturated carbocycles. The Morgan fingerprint density at radius 1 is 1.05 bits per heavy atom. The molecule has 0 aliphatic heterocycles. The van der Waals surface area contributed by atoms with E-state index in [1.165, 1.54) is 9.75 Å². The van der Waals surface area contributed by atoms with Gasteiger partial charge in [-0.25, -0.2) is 0 Å². The first kappa shape index (κ1) is 14.1. The van der Waals surface area contributed by atoms with Crippen LogP contribution in [0.2, 0.25) is 0 Å². The molecule has 0 aliphatic carbocycles. The van der Waals surface area contributed by atoms with E-state index in [1.54, 1.807) is 0 Å². The van der Waals surface area contributed by atoms with E-state index in [0.29, 0.717) is 5.69 Å². The minimum atomic E-state index is 0.0288. The van der Waals surface area contributed by atoms with Gasteiger partial charge >= 0.3 is 0 Å². The first-order valence-electron chi connectivity index (χ1n) is 6.48. The quantitative estimate of drug-likeness (QED) is 0.726. The number of hydrogen-bond donors (Lipinski definition) is 0. The molecule has 0 saturated heterocycles. The van der Waals surface area contributed by atoms with E-state index in [1.807, 2.05) is 23.1 Å². The summed E-state index contributed by atoms with van der Waals surface area (Å²) in [6.45, 7) is 13.2. The van der Waals surface area contributed by atoms with E-state index in [2.05, 4.69) is 52.7 Å². The number of aromatic nitrogens is 2. The van der Waals surface area contributed by atoms with E-state index in [4.69, 9.17) is 0 Å². The van der Waals surface area contributed by atoms with Crippen LogP contribution in [0, 0.1) is 11.3 Å². The lowest BCUT2D eigenvalue weighted by atomic mass is 9.90. The number of thiophene rings is 1. The summed E-state index contributed by atoms with van der Waals surface area (Å²) in [5.41, 5.74) is 1.77. The van der Waals surface area contributed by atoms with Gasteiger partial charge in [-0.2, -0.15) is 10.4 Å². The fourth-order valence-electron chi connectivity index (χ4n) is 2.32. The van der Waals surface area contributed by atoms with Crippen LogP contribution in [0.3, 0.4) is 0 Å². The average molecular weight is 275 g/mol. The van der Waals surface area contributed by atoms with Gasteiger partial charge in [-0.05, 0) is 10.8 Å². The highest BCUT2D eigenvalue weighted by Crippen LogP contribution is 2.44. The summed E-state index contributed by atoms with van der Waals surface area (Å²) in [7, 11) is 1.93.